The van der Waals surface area contributed by atoms with Crippen molar-refractivity contribution in [3.05, 3.63) is 59.7 Å². The number of fused-ring (bicyclic) bond motifs is 1. The number of hydrogen-bond donors (Lipinski definition) is 0. The van der Waals surface area contributed by atoms with Crippen LogP contribution in [0.25, 0.3) is 0 Å². The van der Waals surface area contributed by atoms with Gasteiger partial charge in [-0.2, -0.15) is 0 Å². The molecular weight excluding hydrogens is 332 g/mol. The Morgan fingerprint density at radius 1 is 0.840 bits per heavy atom. The minimum Gasteiger partial charge on any atom is -0.497 e. The van der Waals surface area contributed by atoms with Crippen LogP contribution in [0.15, 0.2) is 48.5 Å². The van der Waals surface area contributed by atoms with Gasteiger partial charge in [-0.3, -0.25) is 0 Å². The lowest BCUT2D eigenvalue weighted by Crippen LogP contribution is -2.27. The van der Waals surface area contributed by atoms with Gasteiger partial charge in [0.1, 0.15) is 11.5 Å². The van der Waals surface area contributed by atoms with E-state index >= 15 is 0 Å². The molecular formula is C21H24O3S. The third-order valence-electron chi connectivity index (χ3n) is 5.22. The van der Waals surface area contributed by atoms with Gasteiger partial charge in [-0.1, -0.05) is 37.1 Å². The number of hydrogen-bond acceptors (Lipinski definition) is 4. The zero-order valence-corrected chi connectivity index (χ0v) is 15.6. The van der Waals surface area contributed by atoms with Crippen molar-refractivity contribution >= 4 is 11.8 Å². The van der Waals surface area contributed by atoms with E-state index in [9.17, 15) is 0 Å². The molecule has 132 valence electrons. The van der Waals surface area contributed by atoms with E-state index in [1.807, 2.05) is 36.0 Å². The molecule has 2 aromatic rings. The Bertz CT molecular complexity index is 647. The number of rotatable bonds is 4. The fourth-order valence-corrected chi connectivity index (χ4v) is 5.62. The number of benzene rings is 2. The van der Waals surface area contributed by atoms with E-state index in [4.69, 9.17) is 14.2 Å². The van der Waals surface area contributed by atoms with Gasteiger partial charge in [0.15, 0.2) is 4.93 Å². The quantitative estimate of drug-likeness (QED) is 0.772. The van der Waals surface area contributed by atoms with Crippen LogP contribution in [0, 0.1) is 0 Å². The van der Waals surface area contributed by atoms with Crippen LogP contribution in [0.5, 0.6) is 11.5 Å². The minimum atomic E-state index is -0.446. The molecule has 0 radical (unpaired) electrons. The predicted octanol–water partition coefficient (Wildman–Crippen LogP) is 4.98. The molecule has 0 spiro atoms. The van der Waals surface area contributed by atoms with Gasteiger partial charge in [-0.05, 0) is 48.2 Å². The summed E-state index contributed by atoms with van der Waals surface area (Å²) in [7, 11) is 3.40. The molecule has 3 nitrogen and oxygen atoms in total. The number of thioether (sulfide) groups is 1. The Hall–Kier alpha value is -1.65. The fraction of sp³-hybridized carbons (Fsp3) is 0.429. The van der Waals surface area contributed by atoms with Gasteiger partial charge < -0.3 is 14.2 Å². The molecule has 0 amide bonds. The Morgan fingerprint density at radius 3 is 1.84 bits per heavy atom. The van der Waals surface area contributed by atoms with E-state index in [2.05, 4.69) is 24.3 Å². The maximum absolute atomic E-state index is 6.75. The third-order valence-corrected chi connectivity index (χ3v) is 6.96. The Morgan fingerprint density at radius 2 is 1.36 bits per heavy atom. The molecule has 1 saturated carbocycles. The average molecular weight is 356 g/mol. The second-order valence-electron chi connectivity index (χ2n) is 6.67. The SMILES string of the molecule is COc1ccc(C2(c3ccc(OC)cc3)O[C@@H]3CCCC[C@H]3S2)cc1. The van der Waals surface area contributed by atoms with Crippen molar-refractivity contribution in [3.63, 3.8) is 0 Å². The van der Waals surface area contributed by atoms with Crippen LogP contribution in [-0.2, 0) is 9.67 Å². The molecule has 0 bridgehead atoms. The summed E-state index contributed by atoms with van der Waals surface area (Å²) in [5, 5.41) is 0.568. The van der Waals surface area contributed by atoms with Gasteiger partial charge in [-0.15, -0.1) is 11.8 Å². The van der Waals surface area contributed by atoms with Crippen molar-refractivity contribution < 1.29 is 14.2 Å². The maximum Gasteiger partial charge on any atom is 0.165 e. The van der Waals surface area contributed by atoms with Crippen LogP contribution in [-0.4, -0.2) is 25.6 Å². The molecule has 4 heteroatoms. The molecule has 0 N–H and O–H groups in total. The molecule has 1 aliphatic carbocycles. The molecule has 2 fully saturated rings. The number of ether oxygens (including phenoxy) is 3. The normalized spacial score (nSPS) is 24.6. The van der Waals surface area contributed by atoms with Gasteiger partial charge in [0.25, 0.3) is 0 Å². The highest BCUT2D eigenvalue weighted by atomic mass is 32.2. The van der Waals surface area contributed by atoms with Crippen LogP contribution in [0.3, 0.4) is 0 Å². The second kappa shape index (κ2) is 6.93. The second-order valence-corrected chi connectivity index (χ2v) is 8.09. The Balaban J connectivity index is 1.76. The number of methoxy groups -OCH3 is 2. The lowest BCUT2D eigenvalue weighted by Gasteiger charge is -2.30. The molecule has 2 aromatic carbocycles. The van der Waals surface area contributed by atoms with Crippen molar-refractivity contribution in [1.29, 1.82) is 0 Å². The predicted molar refractivity (Wildman–Crippen MR) is 101 cm³/mol. The first-order valence-corrected chi connectivity index (χ1v) is 9.78. The lowest BCUT2D eigenvalue weighted by molar-refractivity contribution is -0.00821. The lowest BCUT2D eigenvalue weighted by atomic mass is 9.96. The first-order chi connectivity index (χ1) is 12.2. The van der Waals surface area contributed by atoms with E-state index in [-0.39, 0.29) is 0 Å². The average Bonchev–Trinajstić information content (AvgIpc) is 3.09. The summed E-state index contributed by atoms with van der Waals surface area (Å²) in [6.45, 7) is 0. The van der Waals surface area contributed by atoms with Crippen LogP contribution >= 0.6 is 11.8 Å². The van der Waals surface area contributed by atoms with Gasteiger partial charge in [0, 0.05) is 5.25 Å². The summed E-state index contributed by atoms with van der Waals surface area (Å²) in [5.41, 5.74) is 2.36. The molecule has 2 atom stereocenters. The van der Waals surface area contributed by atoms with Crippen molar-refractivity contribution in [2.45, 2.75) is 42.0 Å². The van der Waals surface area contributed by atoms with E-state index in [0.717, 1.165) is 17.9 Å². The standard InChI is InChI=1S/C21H24O3S/c1-22-17-11-7-15(8-12-17)21(16-9-13-18(23-2)14-10-16)24-19-5-3-4-6-20(19)25-21/h7-14,19-20H,3-6H2,1-2H3/t19-,20-/m1/s1. The summed E-state index contributed by atoms with van der Waals surface area (Å²) < 4.78 is 17.4. The van der Waals surface area contributed by atoms with Crippen molar-refractivity contribution in [2.24, 2.45) is 0 Å². The molecule has 4 rings (SSSR count). The fourth-order valence-electron chi connectivity index (χ4n) is 3.85. The summed E-state index contributed by atoms with van der Waals surface area (Å²) in [6, 6.07) is 16.6. The van der Waals surface area contributed by atoms with Crippen LogP contribution in [0.2, 0.25) is 0 Å². The van der Waals surface area contributed by atoms with Crippen LogP contribution < -0.4 is 9.47 Å². The monoisotopic (exact) mass is 356 g/mol. The third kappa shape index (κ3) is 3.02. The van der Waals surface area contributed by atoms with E-state index < -0.39 is 4.93 Å². The maximum atomic E-state index is 6.75. The molecule has 1 saturated heterocycles. The molecule has 1 aliphatic heterocycles. The topological polar surface area (TPSA) is 27.7 Å². The first kappa shape index (κ1) is 16.8. The highest BCUT2D eigenvalue weighted by Gasteiger charge is 2.50. The van der Waals surface area contributed by atoms with E-state index in [0.29, 0.717) is 11.4 Å². The van der Waals surface area contributed by atoms with Crippen molar-refractivity contribution in [3.8, 4) is 11.5 Å². The zero-order valence-electron chi connectivity index (χ0n) is 14.7. The molecule has 0 aromatic heterocycles. The van der Waals surface area contributed by atoms with Gasteiger partial charge in [0.05, 0.1) is 20.3 Å². The summed E-state index contributed by atoms with van der Waals surface area (Å²) in [5.74, 6) is 1.74. The van der Waals surface area contributed by atoms with E-state index in [1.54, 1.807) is 14.2 Å². The molecule has 2 aliphatic rings. The highest BCUT2D eigenvalue weighted by Crippen LogP contribution is 2.56. The van der Waals surface area contributed by atoms with E-state index in [1.165, 1.54) is 30.4 Å². The van der Waals surface area contributed by atoms with Gasteiger partial charge in [-0.25, -0.2) is 0 Å². The first-order valence-electron chi connectivity index (χ1n) is 8.90. The largest absolute Gasteiger partial charge is 0.497 e. The van der Waals surface area contributed by atoms with Crippen molar-refractivity contribution in [2.75, 3.05) is 14.2 Å². The Labute approximate surface area is 153 Å². The zero-order chi connectivity index (χ0) is 17.3. The summed E-state index contributed by atoms with van der Waals surface area (Å²) >= 11 is 1.97. The molecule has 1 heterocycles. The minimum absolute atomic E-state index is 0.336. The Kier molecular flexibility index (Phi) is 4.65. The van der Waals surface area contributed by atoms with Crippen LogP contribution in [0.1, 0.15) is 36.8 Å². The smallest absolute Gasteiger partial charge is 0.165 e. The van der Waals surface area contributed by atoms with Gasteiger partial charge >= 0.3 is 0 Å². The summed E-state index contributed by atoms with van der Waals surface area (Å²) in [4.78, 5) is -0.446. The molecule has 0 unspecified atom stereocenters. The van der Waals surface area contributed by atoms with Gasteiger partial charge in [0.2, 0.25) is 0 Å². The highest BCUT2D eigenvalue weighted by molar-refractivity contribution is 8.01. The van der Waals surface area contributed by atoms with Crippen LogP contribution in [0.4, 0.5) is 0 Å². The van der Waals surface area contributed by atoms with Crippen molar-refractivity contribution in [1.82, 2.24) is 0 Å². The molecule has 25 heavy (non-hydrogen) atoms. The summed E-state index contributed by atoms with van der Waals surface area (Å²) in [6.07, 6.45) is 5.31.